The molecule has 1 aliphatic heterocycles. The number of hydrogen-bond donors (Lipinski definition) is 1. The van der Waals surface area contributed by atoms with Crippen molar-refractivity contribution >= 4 is 11.8 Å². The van der Waals surface area contributed by atoms with Gasteiger partial charge in [0.05, 0.1) is 12.3 Å². The van der Waals surface area contributed by atoms with Crippen molar-refractivity contribution in [1.29, 1.82) is 0 Å². The lowest BCUT2D eigenvalue weighted by Gasteiger charge is -2.24. The molecule has 1 N–H and O–H groups in total. The monoisotopic (exact) mass is 298 g/mol. The zero-order chi connectivity index (χ0) is 15.4. The molecule has 0 aliphatic carbocycles. The van der Waals surface area contributed by atoms with Crippen molar-refractivity contribution in [3.8, 4) is 0 Å². The van der Waals surface area contributed by atoms with Crippen molar-refractivity contribution < 1.29 is 14.0 Å². The first-order valence-corrected chi connectivity index (χ1v) is 7.41. The van der Waals surface area contributed by atoms with E-state index in [1.54, 1.807) is 17.0 Å². The summed E-state index contributed by atoms with van der Waals surface area (Å²) in [6.45, 7) is 1.23. The van der Waals surface area contributed by atoms with E-state index in [4.69, 9.17) is 4.42 Å². The number of nitrogens with zero attached hydrogens (tertiary/aromatic N) is 1. The Hall–Kier alpha value is -2.56. The molecule has 0 saturated carbocycles. The molecule has 0 bridgehead atoms. The summed E-state index contributed by atoms with van der Waals surface area (Å²) in [6, 6.07) is 12.7. The van der Waals surface area contributed by atoms with Gasteiger partial charge in [-0.05, 0) is 24.1 Å². The van der Waals surface area contributed by atoms with Gasteiger partial charge < -0.3 is 14.6 Å². The second-order valence-corrected chi connectivity index (χ2v) is 5.36. The van der Waals surface area contributed by atoms with E-state index < -0.39 is 0 Å². The van der Waals surface area contributed by atoms with Crippen LogP contribution in [0, 0.1) is 0 Å². The quantitative estimate of drug-likeness (QED) is 0.921. The molecule has 2 aromatic rings. The second kappa shape index (κ2) is 6.47. The van der Waals surface area contributed by atoms with Gasteiger partial charge in [-0.2, -0.15) is 0 Å². The summed E-state index contributed by atoms with van der Waals surface area (Å²) in [5, 5.41) is 2.96. The molecule has 2 amide bonds. The van der Waals surface area contributed by atoms with Gasteiger partial charge in [0.2, 0.25) is 5.91 Å². The summed E-state index contributed by atoms with van der Waals surface area (Å²) in [4.78, 5) is 25.9. The molecule has 22 heavy (non-hydrogen) atoms. The fourth-order valence-electron chi connectivity index (χ4n) is 2.67. The molecule has 1 unspecified atom stereocenters. The lowest BCUT2D eigenvalue weighted by molar-refractivity contribution is -0.128. The molecule has 1 aliphatic rings. The molecule has 114 valence electrons. The van der Waals surface area contributed by atoms with Crippen molar-refractivity contribution in [2.75, 3.05) is 13.1 Å². The first kappa shape index (κ1) is 14.4. The number of rotatable bonds is 5. The van der Waals surface area contributed by atoms with E-state index in [0.717, 1.165) is 18.5 Å². The number of amides is 2. The Balaban J connectivity index is 1.77. The van der Waals surface area contributed by atoms with Crippen LogP contribution in [0.15, 0.2) is 53.1 Å². The molecule has 0 radical (unpaired) electrons. The van der Waals surface area contributed by atoms with Crippen LogP contribution in [0.3, 0.4) is 0 Å². The van der Waals surface area contributed by atoms with Crippen LogP contribution >= 0.6 is 0 Å². The summed E-state index contributed by atoms with van der Waals surface area (Å²) in [5.74, 6) is 0.146. The average Bonchev–Trinajstić information content (AvgIpc) is 3.20. The SMILES string of the molecule is O=C(NC(CN1CCCC1=O)c1ccccc1)c1ccco1. The molecule has 1 atom stereocenters. The maximum absolute atomic E-state index is 12.2. The summed E-state index contributed by atoms with van der Waals surface area (Å²) in [5.41, 5.74) is 0.974. The molecule has 2 heterocycles. The smallest absolute Gasteiger partial charge is 0.287 e. The van der Waals surface area contributed by atoms with Crippen LogP contribution in [-0.4, -0.2) is 29.8 Å². The third-order valence-corrected chi connectivity index (χ3v) is 3.83. The Morgan fingerprint density at radius 3 is 2.68 bits per heavy atom. The van der Waals surface area contributed by atoms with Crippen molar-refractivity contribution in [3.05, 3.63) is 60.1 Å². The number of likely N-dealkylation sites (tertiary alicyclic amines) is 1. The maximum atomic E-state index is 12.2. The van der Waals surface area contributed by atoms with Gasteiger partial charge in [-0.1, -0.05) is 30.3 Å². The van der Waals surface area contributed by atoms with Gasteiger partial charge in [-0.3, -0.25) is 9.59 Å². The van der Waals surface area contributed by atoms with Crippen LogP contribution in [0.5, 0.6) is 0 Å². The molecule has 1 fully saturated rings. The lowest BCUT2D eigenvalue weighted by Crippen LogP contribution is -2.38. The van der Waals surface area contributed by atoms with E-state index in [-0.39, 0.29) is 23.6 Å². The minimum absolute atomic E-state index is 0.146. The molecule has 1 aromatic heterocycles. The van der Waals surface area contributed by atoms with Gasteiger partial charge in [-0.15, -0.1) is 0 Å². The van der Waals surface area contributed by atoms with Gasteiger partial charge >= 0.3 is 0 Å². The van der Waals surface area contributed by atoms with Crippen molar-refractivity contribution in [2.45, 2.75) is 18.9 Å². The highest BCUT2D eigenvalue weighted by molar-refractivity contribution is 5.91. The van der Waals surface area contributed by atoms with Crippen LogP contribution in [0.4, 0.5) is 0 Å². The highest BCUT2D eigenvalue weighted by Gasteiger charge is 2.25. The topological polar surface area (TPSA) is 62.6 Å². The zero-order valence-electron chi connectivity index (χ0n) is 12.2. The summed E-state index contributed by atoms with van der Waals surface area (Å²) < 4.78 is 5.13. The Bertz CT molecular complexity index is 637. The molecule has 1 aromatic carbocycles. The minimum atomic E-state index is -0.273. The van der Waals surface area contributed by atoms with Gasteiger partial charge in [-0.25, -0.2) is 0 Å². The van der Waals surface area contributed by atoms with E-state index in [1.165, 1.54) is 6.26 Å². The predicted molar refractivity (Wildman–Crippen MR) is 81.2 cm³/mol. The zero-order valence-corrected chi connectivity index (χ0v) is 12.2. The normalized spacial score (nSPS) is 15.8. The predicted octanol–water partition coefficient (Wildman–Crippen LogP) is 2.37. The Morgan fingerprint density at radius 1 is 1.23 bits per heavy atom. The molecule has 5 nitrogen and oxygen atoms in total. The van der Waals surface area contributed by atoms with Gasteiger partial charge in [0.1, 0.15) is 0 Å². The van der Waals surface area contributed by atoms with E-state index >= 15 is 0 Å². The number of nitrogens with one attached hydrogen (secondary N) is 1. The first-order chi connectivity index (χ1) is 10.7. The van der Waals surface area contributed by atoms with Crippen LogP contribution in [0.25, 0.3) is 0 Å². The molecule has 5 heteroatoms. The molecule has 0 spiro atoms. The van der Waals surface area contributed by atoms with Crippen molar-refractivity contribution in [1.82, 2.24) is 10.2 Å². The summed E-state index contributed by atoms with van der Waals surface area (Å²) >= 11 is 0. The van der Waals surface area contributed by atoms with Crippen LogP contribution in [0.2, 0.25) is 0 Å². The van der Waals surface area contributed by atoms with Crippen LogP contribution in [-0.2, 0) is 4.79 Å². The van der Waals surface area contributed by atoms with E-state index in [2.05, 4.69) is 5.32 Å². The Labute approximate surface area is 128 Å². The van der Waals surface area contributed by atoms with Gasteiger partial charge in [0.15, 0.2) is 5.76 Å². The largest absolute Gasteiger partial charge is 0.459 e. The first-order valence-electron chi connectivity index (χ1n) is 7.41. The Kier molecular flexibility index (Phi) is 4.23. The summed E-state index contributed by atoms with van der Waals surface area (Å²) in [6.07, 6.45) is 2.94. The fraction of sp³-hybridized carbons (Fsp3) is 0.294. The third-order valence-electron chi connectivity index (χ3n) is 3.83. The lowest BCUT2D eigenvalue weighted by atomic mass is 10.1. The number of furan rings is 1. The molecule has 3 rings (SSSR count). The minimum Gasteiger partial charge on any atom is -0.459 e. The van der Waals surface area contributed by atoms with Crippen LogP contribution in [0.1, 0.15) is 35.0 Å². The highest BCUT2D eigenvalue weighted by Crippen LogP contribution is 2.19. The standard InChI is InChI=1S/C17H18N2O3/c20-16-9-4-10-19(16)12-14(13-6-2-1-3-7-13)18-17(21)15-8-5-11-22-15/h1-3,5-8,11,14H,4,9-10,12H2,(H,18,21). The highest BCUT2D eigenvalue weighted by atomic mass is 16.3. The van der Waals surface area contributed by atoms with Crippen molar-refractivity contribution in [2.24, 2.45) is 0 Å². The van der Waals surface area contributed by atoms with E-state index in [9.17, 15) is 9.59 Å². The van der Waals surface area contributed by atoms with Crippen molar-refractivity contribution in [3.63, 3.8) is 0 Å². The van der Waals surface area contributed by atoms with Gasteiger partial charge in [0.25, 0.3) is 5.91 Å². The fourth-order valence-corrected chi connectivity index (χ4v) is 2.67. The third kappa shape index (κ3) is 3.19. The van der Waals surface area contributed by atoms with E-state index in [0.29, 0.717) is 13.0 Å². The molecular formula is C17H18N2O3. The second-order valence-electron chi connectivity index (χ2n) is 5.36. The molecule has 1 saturated heterocycles. The maximum Gasteiger partial charge on any atom is 0.287 e. The summed E-state index contributed by atoms with van der Waals surface area (Å²) in [7, 11) is 0. The van der Waals surface area contributed by atoms with E-state index in [1.807, 2.05) is 30.3 Å². The Morgan fingerprint density at radius 2 is 2.05 bits per heavy atom. The van der Waals surface area contributed by atoms with Crippen LogP contribution < -0.4 is 5.32 Å². The number of benzene rings is 1. The van der Waals surface area contributed by atoms with Gasteiger partial charge in [0, 0.05) is 19.5 Å². The molecular weight excluding hydrogens is 280 g/mol. The number of hydrogen-bond acceptors (Lipinski definition) is 3. The average molecular weight is 298 g/mol. The number of carbonyl (C=O) groups excluding carboxylic acids is 2. The number of carbonyl (C=O) groups is 2.